The first kappa shape index (κ1) is 7.59. The van der Waals surface area contributed by atoms with Crippen LogP contribution in [-0.4, -0.2) is 24.4 Å². The van der Waals surface area contributed by atoms with E-state index in [0.29, 0.717) is 13.2 Å². The van der Waals surface area contributed by atoms with E-state index in [1.807, 2.05) is 6.92 Å². The van der Waals surface area contributed by atoms with E-state index in [4.69, 9.17) is 4.74 Å². The Labute approximate surface area is 61.2 Å². The van der Waals surface area contributed by atoms with Gasteiger partial charge in [0.15, 0.2) is 0 Å². The molecule has 10 heavy (non-hydrogen) atoms. The van der Waals surface area contributed by atoms with E-state index < -0.39 is 0 Å². The maximum absolute atomic E-state index is 9.22. The van der Waals surface area contributed by atoms with Gasteiger partial charge in [-0.15, -0.1) is 11.8 Å². The fourth-order valence-electron chi connectivity index (χ4n) is 1.02. The summed E-state index contributed by atoms with van der Waals surface area (Å²) in [6.07, 6.45) is 0.471. The molecular formula is C8H12O2. The molecule has 1 heterocycles. The molecule has 1 saturated heterocycles. The average Bonchev–Trinajstić information content (AvgIpc) is 2.31. The highest BCUT2D eigenvalue weighted by atomic mass is 16.5. The van der Waals surface area contributed by atoms with E-state index in [2.05, 4.69) is 11.8 Å². The van der Waals surface area contributed by atoms with Gasteiger partial charge in [-0.2, -0.15) is 0 Å². The lowest BCUT2D eigenvalue weighted by Crippen LogP contribution is -2.16. The van der Waals surface area contributed by atoms with Crippen molar-refractivity contribution in [1.29, 1.82) is 0 Å². The van der Waals surface area contributed by atoms with Gasteiger partial charge in [-0.3, -0.25) is 0 Å². The smallest absolute Gasteiger partial charge is 0.0832 e. The van der Waals surface area contributed by atoms with Crippen molar-refractivity contribution in [2.45, 2.75) is 19.4 Å². The van der Waals surface area contributed by atoms with Gasteiger partial charge in [-0.05, 0) is 6.92 Å². The first-order valence-electron chi connectivity index (χ1n) is 3.50. The molecule has 0 aliphatic carbocycles. The van der Waals surface area contributed by atoms with Gasteiger partial charge in [0.05, 0.1) is 19.3 Å². The van der Waals surface area contributed by atoms with Crippen LogP contribution in [0.25, 0.3) is 0 Å². The van der Waals surface area contributed by atoms with E-state index in [1.165, 1.54) is 0 Å². The summed E-state index contributed by atoms with van der Waals surface area (Å²) in [5.41, 5.74) is 0. The first-order valence-corrected chi connectivity index (χ1v) is 3.50. The van der Waals surface area contributed by atoms with Crippen molar-refractivity contribution in [2.75, 3.05) is 13.2 Å². The molecule has 2 heteroatoms. The molecule has 0 aromatic rings. The molecular weight excluding hydrogens is 128 g/mol. The molecule has 0 unspecified atom stereocenters. The van der Waals surface area contributed by atoms with Crippen LogP contribution in [0.15, 0.2) is 0 Å². The summed E-state index contributed by atoms with van der Waals surface area (Å²) >= 11 is 0. The van der Waals surface area contributed by atoms with E-state index in [0.717, 1.165) is 6.42 Å². The summed E-state index contributed by atoms with van der Waals surface area (Å²) in [5.74, 6) is 5.97. The maximum atomic E-state index is 9.22. The first-order chi connectivity index (χ1) is 4.84. The lowest BCUT2D eigenvalue weighted by Gasteiger charge is -2.06. The standard InChI is InChI=1S/C8H12O2/c1-2-3-4-7-5-10-6-8(7)9/h7-9H,4-6H2,1H3/t7-,8-/m1/s1. The topological polar surface area (TPSA) is 29.5 Å². The molecule has 0 radical (unpaired) electrons. The van der Waals surface area contributed by atoms with Crippen LogP contribution in [0.4, 0.5) is 0 Å². The van der Waals surface area contributed by atoms with Crippen molar-refractivity contribution in [2.24, 2.45) is 5.92 Å². The van der Waals surface area contributed by atoms with Crippen molar-refractivity contribution < 1.29 is 9.84 Å². The van der Waals surface area contributed by atoms with Crippen LogP contribution < -0.4 is 0 Å². The van der Waals surface area contributed by atoms with Gasteiger partial charge in [-0.1, -0.05) is 0 Å². The minimum Gasteiger partial charge on any atom is -0.390 e. The lowest BCUT2D eigenvalue weighted by molar-refractivity contribution is 0.119. The van der Waals surface area contributed by atoms with Crippen LogP contribution in [-0.2, 0) is 4.74 Å². The Bertz CT molecular complexity index is 154. The van der Waals surface area contributed by atoms with Crippen molar-refractivity contribution in [3.8, 4) is 11.8 Å². The predicted octanol–water partition coefficient (Wildman–Crippen LogP) is 0.407. The Hall–Kier alpha value is -0.520. The molecule has 1 aliphatic rings. The fraction of sp³-hybridized carbons (Fsp3) is 0.750. The summed E-state index contributed by atoms with van der Waals surface area (Å²) in [7, 11) is 0. The number of ether oxygens (including phenoxy) is 1. The molecule has 56 valence electrons. The van der Waals surface area contributed by atoms with Gasteiger partial charge in [0.1, 0.15) is 0 Å². The van der Waals surface area contributed by atoms with Crippen molar-refractivity contribution >= 4 is 0 Å². The van der Waals surface area contributed by atoms with Crippen LogP contribution in [0.1, 0.15) is 13.3 Å². The highest BCUT2D eigenvalue weighted by molar-refractivity contribution is 4.98. The molecule has 0 saturated carbocycles. The quantitative estimate of drug-likeness (QED) is 0.534. The normalized spacial score (nSPS) is 31.4. The number of hydrogen-bond acceptors (Lipinski definition) is 2. The van der Waals surface area contributed by atoms with Gasteiger partial charge in [0.2, 0.25) is 0 Å². The van der Waals surface area contributed by atoms with Gasteiger partial charge in [0.25, 0.3) is 0 Å². The van der Waals surface area contributed by atoms with E-state index in [-0.39, 0.29) is 12.0 Å². The van der Waals surface area contributed by atoms with Gasteiger partial charge in [0, 0.05) is 12.3 Å². The molecule has 1 aliphatic heterocycles. The second-order valence-corrected chi connectivity index (χ2v) is 2.50. The average molecular weight is 140 g/mol. The Morgan fingerprint density at radius 1 is 1.60 bits per heavy atom. The summed E-state index contributed by atoms with van der Waals surface area (Å²) in [6.45, 7) is 2.95. The largest absolute Gasteiger partial charge is 0.390 e. The third-order valence-electron chi connectivity index (χ3n) is 1.71. The molecule has 2 atom stereocenters. The van der Waals surface area contributed by atoms with E-state index >= 15 is 0 Å². The minimum atomic E-state index is -0.291. The molecule has 0 aromatic heterocycles. The van der Waals surface area contributed by atoms with Crippen LogP contribution in [0.5, 0.6) is 0 Å². The number of aliphatic hydroxyl groups is 1. The predicted molar refractivity (Wildman–Crippen MR) is 38.4 cm³/mol. The highest BCUT2D eigenvalue weighted by Crippen LogP contribution is 2.15. The van der Waals surface area contributed by atoms with Crippen molar-refractivity contribution in [1.82, 2.24) is 0 Å². The van der Waals surface area contributed by atoms with Crippen molar-refractivity contribution in [3.05, 3.63) is 0 Å². The van der Waals surface area contributed by atoms with Crippen LogP contribution in [0.3, 0.4) is 0 Å². The van der Waals surface area contributed by atoms with E-state index in [9.17, 15) is 5.11 Å². The third kappa shape index (κ3) is 1.73. The molecule has 2 nitrogen and oxygen atoms in total. The molecule has 1 rings (SSSR count). The summed E-state index contributed by atoms with van der Waals surface area (Å²) < 4.78 is 5.05. The molecule has 0 amide bonds. The zero-order valence-electron chi connectivity index (χ0n) is 6.13. The zero-order valence-corrected chi connectivity index (χ0v) is 6.13. The number of hydrogen-bond donors (Lipinski definition) is 1. The second-order valence-electron chi connectivity index (χ2n) is 2.50. The van der Waals surface area contributed by atoms with Crippen LogP contribution >= 0.6 is 0 Å². The summed E-state index contributed by atoms with van der Waals surface area (Å²) in [4.78, 5) is 0. The molecule has 0 spiro atoms. The minimum absolute atomic E-state index is 0.243. The van der Waals surface area contributed by atoms with Crippen molar-refractivity contribution in [3.63, 3.8) is 0 Å². The lowest BCUT2D eigenvalue weighted by atomic mass is 10.0. The highest BCUT2D eigenvalue weighted by Gasteiger charge is 2.24. The number of aliphatic hydroxyl groups excluding tert-OH is 1. The Morgan fingerprint density at radius 2 is 2.40 bits per heavy atom. The SMILES string of the molecule is CC#CC[C@@H]1COC[C@H]1O. The Morgan fingerprint density at radius 3 is 2.90 bits per heavy atom. The van der Waals surface area contributed by atoms with Gasteiger partial charge >= 0.3 is 0 Å². The van der Waals surface area contributed by atoms with Crippen LogP contribution in [0, 0.1) is 17.8 Å². The maximum Gasteiger partial charge on any atom is 0.0832 e. The Balaban J connectivity index is 2.31. The van der Waals surface area contributed by atoms with Crippen LogP contribution in [0.2, 0.25) is 0 Å². The summed E-state index contributed by atoms with van der Waals surface area (Å²) in [5, 5.41) is 9.22. The molecule has 1 N–H and O–H groups in total. The molecule has 0 bridgehead atoms. The number of rotatable bonds is 1. The van der Waals surface area contributed by atoms with E-state index in [1.54, 1.807) is 0 Å². The fourth-order valence-corrected chi connectivity index (χ4v) is 1.02. The van der Waals surface area contributed by atoms with Gasteiger partial charge in [-0.25, -0.2) is 0 Å². The second kappa shape index (κ2) is 3.60. The molecule has 0 aromatic carbocycles. The Kier molecular flexibility index (Phi) is 2.73. The third-order valence-corrected chi connectivity index (χ3v) is 1.71. The zero-order chi connectivity index (χ0) is 7.40. The summed E-state index contributed by atoms with van der Waals surface area (Å²) in [6, 6.07) is 0. The monoisotopic (exact) mass is 140 g/mol. The molecule has 1 fully saturated rings. The van der Waals surface area contributed by atoms with Gasteiger partial charge < -0.3 is 9.84 Å².